The highest BCUT2D eigenvalue weighted by Gasteiger charge is 2.43. The van der Waals surface area contributed by atoms with Crippen molar-refractivity contribution in [3.63, 3.8) is 0 Å². The molecule has 0 saturated carbocycles. The van der Waals surface area contributed by atoms with E-state index in [9.17, 15) is 9.18 Å². The predicted octanol–water partition coefficient (Wildman–Crippen LogP) is 3.56. The molecule has 0 bridgehead atoms. The third kappa shape index (κ3) is 3.45. The van der Waals surface area contributed by atoms with Gasteiger partial charge in [-0.15, -0.1) is 11.3 Å². The number of amides is 1. The lowest BCUT2D eigenvalue weighted by molar-refractivity contribution is 0.0783. The highest BCUT2D eigenvalue weighted by molar-refractivity contribution is 7.07. The molecular formula is C22H22FN5OS. The Morgan fingerprint density at radius 3 is 2.40 bits per heavy atom. The molecule has 0 spiro atoms. The highest BCUT2D eigenvalue weighted by Crippen LogP contribution is 2.35. The number of hydrogen-bond acceptors (Lipinski definition) is 6. The molecule has 8 heteroatoms. The first kappa shape index (κ1) is 19.1. The van der Waals surface area contributed by atoms with Crippen molar-refractivity contribution in [2.24, 2.45) is 11.8 Å². The minimum atomic E-state index is -0.408. The van der Waals surface area contributed by atoms with E-state index in [0.29, 0.717) is 41.7 Å². The van der Waals surface area contributed by atoms with Crippen LogP contribution in [0.3, 0.4) is 0 Å². The number of aryl methyl sites for hydroxylation is 2. The van der Waals surface area contributed by atoms with E-state index in [-0.39, 0.29) is 5.91 Å². The van der Waals surface area contributed by atoms with Crippen LogP contribution in [0.1, 0.15) is 21.7 Å². The molecule has 2 aromatic heterocycles. The number of aromatic nitrogens is 3. The molecule has 0 aliphatic carbocycles. The van der Waals surface area contributed by atoms with Crippen molar-refractivity contribution < 1.29 is 9.18 Å². The second-order valence-electron chi connectivity index (χ2n) is 8.15. The second-order valence-corrected chi connectivity index (χ2v) is 8.87. The van der Waals surface area contributed by atoms with Gasteiger partial charge in [0.2, 0.25) is 5.95 Å². The number of nitrogens with zero attached hydrogens (tertiary/aromatic N) is 5. The van der Waals surface area contributed by atoms with Crippen molar-refractivity contribution in [3.05, 3.63) is 57.9 Å². The van der Waals surface area contributed by atoms with Gasteiger partial charge >= 0.3 is 0 Å². The Balaban J connectivity index is 1.34. The average Bonchev–Trinajstić information content (AvgIpc) is 3.43. The molecule has 5 rings (SSSR count). The van der Waals surface area contributed by atoms with Crippen LogP contribution in [0.15, 0.2) is 35.2 Å². The summed E-state index contributed by atoms with van der Waals surface area (Å²) in [5.41, 5.74) is 5.43. The summed E-state index contributed by atoms with van der Waals surface area (Å²) in [6.45, 7) is 6.96. The van der Waals surface area contributed by atoms with E-state index in [1.165, 1.54) is 23.5 Å². The Morgan fingerprint density at radius 2 is 1.77 bits per heavy atom. The summed E-state index contributed by atoms with van der Waals surface area (Å²) in [5, 5.41) is 1.88. The maximum atomic E-state index is 14.0. The summed E-state index contributed by atoms with van der Waals surface area (Å²) in [6.07, 6.45) is 0. The molecular weight excluding hydrogens is 401 g/mol. The minimum Gasteiger partial charge on any atom is -0.340 e. The third-order valence-corrected chi connectivity index (χ3v) is 6.53. The van der Waals surface area contributed by atoms with Gasteiger partial charge in [-0.3, -0.25) is 4.79 Å². The van der Waals surface area contributed by atoms with Crippen LogP contribution in [0.5, 0.6) is 0 Å². The van der Waals surface area contributed by atoms with E-state index < -0.39 is 5.82 Å². The summed E-state index contributed by atoms with van der Waals surface area (Å²) in [7, 11) is 0. The molecule has 1 aromatic carbocycles. The Labute approximate surface area is 178 Å². The van der Waals surface area contributed by atoms with Gasteiger partial charge in [0.1, 0.15) is 5.82 Å². The van der Waals surface area contributed by atoms with Crippen LogP contribution in [-0.4, -0.2) is 51.9 Å². The van der Waals surface area contributed by atoms with Crippen LogP contribution in [-0.2, 0) is 0 Å². The van der Waals surface area contributed by atoms with E-state index in [1.807, 2.05) is 30.2 Å². The molecule has 2 atom stereocenters. The van der Waals surface area contributed by atoms with Gasteiger partial charge in [0.05, 0.1) is 16.8 Å². The molecule has 2 aliphatic rings. The lowest BCUT2D eigenvalue weighted by Crippen LogP contribution is -2.34. The number of carbonyl (C=O) groups excluding carboxylic acids is 1. The van der Waals surface area contributed by atoms with Crippen LogP contribution in [0.4, 0.5) is 10.3 Å². The molecule has 154 valence electrons. The fourth-order valence-corrected chi connectivity index (χ4v) is 5.16. The fourth-order valence-electron chi connectivity index (χ4n) is 4.60. The molecule has 1 amide bonds. The normalized spacial score (nSPS) is 20.6. The van der Waals surface area contributed by atoms with Gasteiger partial charge in [0.25, 0.3) is 5.91 Å². The number of hydrogen-bond donors (Lipinski definition) is 0. The summed E-state index contributed by atoms with van der Waals surface area (Å²) < 4.78 is 14.0. The molecule has 2 saturated heterocycles. The van der Waals surface area contributed by atoms with E-state index in [0.717, 1.165) is 30.4 Å². The lowest BCUT2D eigenvalue weighted by atomic mass is 10.0. The molecule has 4 heterocycles. The van der Waals surface area contributed by atoms with E-state index in [1.54, 1.807) is 11.6 Å². The molecule has 6 nitrogen and oxygen atoms in total. The van der Waals surface area contributed by atoms with Gasteiger partial charge in [0.15, 0.2) is 0 Å². The quantitative estimate of drug-likeness (QED) is 0.645. The number of rotatable bonds is 3. The Bertz CT molecular complexity index is 1070. The molecule has 3 aromatic rings. The van der Waals surface area contributed by atoms with E-state index in [4.69, 9.17) is 0 Å². The number of thiazole rings is 1. The van der Waals surface area contributed by atoms with E-state index >= 15 is 0 Å². The Morgan fingerprint density at radius 1 is 1.07 bits per heavy atom. The van der Waals surface area contributed by atoms with Crippen LogP contribution >= 0.6 is 11.3 Å². The maximum Gasteiger partial charge on any atom is 0.254 e. The summed E-state index contributed by atoms with van der Waals surface area (Å²) in [6, 6.07) is 6.33. The number of carbonyl (C=O) groups is 1. The van der Waals surface area contributed by atoms with Crippen molar-refractivity contribution in [1.82, 2.24) is 19.9 Å². The van der Waals surface area contributed by atoms with Crippen molar-refractivity contribution >= 4 is 23.2 Å². The molecule has 0 N–H and O–H groups in total. The minimum absolute atomic E-state index is 0.124. The zero-order valence-corrected chi connectivity index (χ0v) is 17.7. The molecule has 2 aliphatic heterocycles. The van der Waals surface area contributed by atoms with Gasteiger partial charge in [0, 0.05) is 60.3 Å². The number of likely N-dealkylation sites (tertiary alicyclic amines) is 1. The molecule has 30 heavy (non-hydrogen) atoms. The van der Waals surface area contributed by atoms with Crippen molar-refractivity contribution in [3.8, 4) is 11.3 Å². The van der Waals surface area contributed by atoms with Gasteiger partial charge in [-0.2, -0.15) is 0 Å². The zero-order chi connectivity index (χ0) is 20.8. The second kappa shape index (κ2) is 7.43. The maximum absolute atomic E-state index is 14.0. The first-order valence-corrected chi connectivity index (χ1v) is 11.0. The smallest absolute Gasteiger partial charge is 0.254 e. The summed E-state index contributed by atoms with van der Waals surface area (Å²) in [5.74, 6) is 0.982. The summed E-state index contributed by atoms with van der Waals surface area (Å²) >= 11 is 1.46. The van der Waals surface area contributed by atoms with Crippen LogP contribution in [0, 0.1) is 31.5 Å². The van der Waals surface area contributed by atoms with Crippen LogP contribution in [0.2, 0.25) is 0 Å². The van der Waals surface area contributed by atoms with Crippen LogP contribution in [0.25, 0.3) is 11.3 Å². The van der Waals surface area contributed by atoms with Gasteiger partial charge in [-0.05, 0) is 38.1 Å². The highest BCUT2D eigenvalue weighted by atomic mass is 32.1. The number of fused-ring (bicyclic) bond motifs is 1. The number of anilines is 1. The Hall–Kier alpha value is -2.87. The fraction of sp³-hybridized carbons (Fsp3) is 0.364. The first-order chi connectivity index (χ1) is 14.5. The summed E-state index contributed by atoms with van der Waals surface area (Å²) in [4.78, 5) is 30.8. The van der Waals surface area contributed by atoms with Gasteiger partial charge < -0.3 is 9.80 Å². The molecule has 2 unspecified atom stereocenters. The first-order valence-electron chi connectivity index (χ1n) is 10.0. The SMILES string of the molecule is Cc1cc(C)nc(N2CC3CN(C(=O)c4cc(F)ccc4-c4cscn4)CC3C2)n1. The topological polar surface area (TPSA) is 62.2 Å². The number of halogens is 1. The largest absolute Gasteiger partial charge is 0.340 e. The molecule has 0 radical (unpaired) electrons. The van der Waals surface area contributed by atoms with Gasteiger partial charge in [-0.1, -0.05) is 0 Å². The third-order valence-electron chi connectivity index (χ3n) is 5.95. The number of benzene rings is 1. The zero-order valence-electron chi connectivity index (χ0n) is 16.9. The van der Waals surface area contributed by atoms with Crippen molar-refractivity contribution in [1.29, 1.82) is 0 Å². The van der Waals surface area contributed by atoms with E-state index in [2.05, 4.69) is 19.9 Å². The predicted molar refractivity (Wildman–Crippen MR) is 114 cm³/mol. The average molecular weight is 424 g/mol. The lowest BCUT2D eigenvalue weighted by Gasteiger charge is -2.23. The van der Waals surface area contributed by atoms with Crippen LogP contribution < -0.4 is 4.90 Å². The monoisotopic (exact) mass is 423 g/mol. The standard InChI is InChI=1S/C22H22FN5OS/c1-13-5-14(2)26-22(25-13)28-9-15-7-27(8-16(15)10-28)21(29)19-6-17(23)3-4-18(19)20-11-30-12-24-20/h3-6,11-12,15-16H,7-10H2,1-2H3. The Kier molecular flexibility index (Phi) is 4.73. The van der Waals surface area contributed by atoms with Gasteiger partial charge in [-0.25, -0.2) is 19.3 Å². The van der Waals surface area contributed by atoms with Crippen molar-refractivity contribution in [2.75, 3.05) is 31.1 Å². The van der Waals surface area contributed by atoms with Crippen molar-refractivity contribution in [2.45, 2.75) is 13.8 Å². The molecule has 2 fully saturated rings.